The lowest BCUT2D eigenvalue weighted by Crippen LogP contribution is -2.48. The summed E-state index contributed by atoms with van der Waals surface area (Å²) in [6.07, 6.45) is 0.795. The summed E-state index contributed by atoms with van der Waals surface area (Å²) in [6, 6.07) is 23.1. The first-order valence-corrected chi connectivity index (χ1v) is 11.9. The molecule has 0 radical (unpaired) electrons. The first kappa shape index (κ1) is 23.6. The highest BCUT2D eigenvalue weighted by atomic mass is 19.1. The number of anilines is 1. The molecule has 0 unspecified atom stereocenters. The van der Waals surface area contributed by atoms with Crippen LogP contribution in [0.3, 0.4) is 0 Å². The Kier molecular flexibility index (Phi) is 6.94. The van der Waals surface area contributed by atoms with Gasteiger partial charge in [0.2, 0.25) is 0 Å². The Morgan fingerprint density at radius 3 is 2.28 bits per heavy atom. The fourth-order valence-corrected chi connectivity index (χ4v) is 4.64. The third-order valence-electron chi connectivity index (χ3n) is 6.55. The van der Waals surface area contributed by atoms with E-state index < -0.39 is 4.92 Å². The van der Waals surface area contributed by atoms with Gasteiger partial charge in [-0.2, -0.15) is 0 Å². The van der Waals surface area contributed by atoms with Crippen molar-refractivity contribution in [3.8, 4) is 0 Å². The van der Waals surface area contributed by atoms with E-state index in [4.69, 9.17) is 0 Å². The maximum atomic E-state index is 13.7. The van der Waals surface area contributed by atoms with Gasteiger partial charge in [-0.3, -0.25) is 15.0 Å². The van der Waals surface area contributed by atoms with E-state index in [0.717, 1.165) is 49.7 Å². The number of nitro benzene ring substituents is 1. The smallest absolute Gasteiger partial charge is 0.269 e. The minimum absolute atomic E-state index is 0.0797. The van der Waals surface area contributed by atoms with Gasteiger partial charge < -0.3 is 4.90 Å². The van der Waals surface area contributed by atoms with Gasteiger partial charge in [-0.05, 0) is 52.2 Å². The molecule has 1 fully saturated rings. The maximum absolute atomic E-state index is 13.7. The molecule has 3 aromatic carbocycles. The Balaban J connectivity index is 1.35. The highest BCUT2D eigenvalue weighted by Gasteiger charge is 2.31. The minimum Gasteiger partial charge on any atom is -0.369 e. The van der Waals surface area contributed by atoms with Crippen molar-refractivity contribution in [2.24, 2.45) is 0 Å². The third-order valence-corrected chi connectivity index (χ3v) is 6.55. The molecule has 0 aliphatic carbocycles. The molecule has 10 heteroatoms. The zero-order valence-electron chi connectivity index (χ0n) is 19.7. The minimum atomic E-state index is -0.392. The molecule has 1 aliphatic rings. The second-order valence-electron chi connectivity index (χ2n) is 8.75. The molecule has 9 nitrogen and oxygen atoms in total. The summed E-state index contributed by atoms with van der Waals surface area (Å²) in [4.78, 5) is 15.1. The zero-order chi connectivity index (χ0) is 24.9. The van der Waals surface area contributed by atoms with Crippen molar-refractivity contribution in [1.82, 2.24) is 25.1 Å². The van der Waals surface area contributed by atoms with Gasteiger partial charge in [0, 0.05) is 50.5 Å². The second-order valence-corrected chi connectivity index (χ2v) is 8.75. The summed E-state index contributed by atoms with van der Waals surface area (Å²) < 4.78 is 15.6. The number of hydrogen-bond donors (Lipinski definition) is 0. The molecule has 1 atom stereocenters. The summed E-state index contributed by atoms with van der Waals surface area (Å²) in [7, 11) is 0. The van der Waals surface area contributed by atoms with Crippen molar-refractivity contribution in [3.63, 3.8) is 0 Å². The predicted molar refractivity (Wildman–Crippen MR) is 133 cm³/mol. The number of halogens is 1. The molecule has 0 amide bonds. The molecule has 0 saturated carbocycles. The number of hydrogen-bond acceptors (Lipinski definition) is 7. The van der Waals surface area contributed by atoms with Gasteiger partial charge in [-0.15, -0.1) is 5.10 Å². The number of nitrogens with zero attached hydrogens (tertiary/aromatic N) is 7. The van der Waals surface area contributed by atoms with Gasteiger partial charge in [0.05, 0.1) is 11.0 Å². The molecule has 1 aromatic heterocycles. The van der Waals surface area contributed by atoms with Crippen molar-refractivity contribution in [2.45, 2.75) is 19.0 Å². The van der Waals surface area contributed by atoms with Crippen LogP contribution in [0.1, 0.15) is 23.0 Å². The van der Waals surface area contributed by atoms with Gasteiger partial charge >= 0.3 is 0 Å². The number of benzene rings is 3. The van der Waals surface area contributed by atoms with E-state index in [9.17, 15) is 14.5 Å². The number of aromatic nitrogens is 4. The van der Waals surface area contributed by atoms with Crippen LogP contribution in [0.15, 0.2) is 78.9 Å². The van der Waals surface area contributed by atoms with E-state index in [1.807, 2.05) is 22.9 Å². The van der Waals surface area contributed by atoms with E-state index in [0.29, 0.717) is 6.54 Å². The van der Waals surface area contributed by atoms with Crippen LogP contribution in [0.2, 0.25) is 0 Å². The largest absolute Gasteiger partial charge is 0.369 e. The number of piperazine rings is 1. The van der Waals surface area contributed by atoms with E-state index in [1.165, 1.54) is 29.8 Å². The fourth-order valence-electron chi connectivity index (χ4n) is 4.64. The molecule has 36 heavy (non-hydrogen) atoms. The summed E-state index contributed by atoms with van der Waals surface area (Å²) in [5.74, 6) is 0.436. The Morgan fingerprint density at radius 1 is 0.917 bits per heavy atom. The summed E-state index contributed by atoms with van der Waals surface area (Å²) in [5, 5.41) is 23.6. The number of rotatable bonds is 8. The molecular formula is C26H26FN7O2. The highest BCUT2D eigenvalue weighted by molar-refractivity contribution is 5.51. The number of tetrazole rings is 1. The molecule has 2 heterocycles. The Labute approximate surface area is 207 Å². The number of aryl methyl sites for hydroxylation is 2. The quantitative estimate of drug-likeness (QED) is 0.275. The van der Waals surface area contributed by atoms with Crippen molar-refractivity contribution in [2.75, 3.05) is 31.1 Å². The summed E-state index contributed by atoms with van der Waals surface area (Å²) in [6.45, 7) is 3.56. The van der Waals surface area contributed by atoms with Gasteiger partial charge in [0.15, 0.2) is 5.82 Å². The molecule has 184 valence electrons. The van der Waals surface area contributed by atoms with Crippen molar-refractivity contribution < 1.29 is 9.31 Å². The normalized spacial score (nSPS) is 15.1. The molecular weight excluding hydrogens is 461 g/mol. The molecule has 0 N–H and O–H groups in total. The molecule has 4 aromatic rings. The van der Waals surface area contributed by atoms with Gasteiger partial charge in [-0.25, -0.2) is 9.07 Å². The fraction of sp³-hybridized carbons (Fsp3) is 0.269. The Hall–Kier alpha value is -4.18. The van der Waals surface area contributed by atoms with E-state index >= 15 is 0 Å². The monoisotopic (exact) mass is 487 g/mol. The average Bonchev–Trinajstić information content (AvgIpc) is 3.38. The molecule has 1 aliphatic heterocycles. The van der Waals surface area contributed by atoms with Crippen LogP contribution in [0.4, 0.5) is 15.8 Å². The lowest BCUT2D eigenvalue weighted by Gasteiger charge is -2.39. The maximum Gasteiger partial charge on any atom is 0.269 e. The first-order chi connectivity index (χ1) is 17.6. The lowest BCUT2D eigenvalue weighted by atomic mass is 10.0. The van der Waals surface area contributed by atoms with Crippen molar-refractivity contribution >= 4 is 11.4 Å². The zero-order valence-corrected chi connectivity index (χ0v) is 19.7. The van der Waals surface area contributed by atoms with Crippen LogP contribution >= 0.6 is 0 Å². The van der Waals surface area contributed by atoms with E-state index in [1.54, 1.807) is 24.3 Å². The van der Waals surface area contributed by atoms with Crippen molar-refractivity contribution in [1.29, 1.82) is 0 Å². The first-order valence-electron chi connectivity index (χ1n) is 11.9. The molecule has 0 bridgehead atoms. The Bertz CT molecular complexity index is 1290. The van der Waals surface area contributed by atoms with Crippen molar-refractivity contribution in [3.05, 3.63) is 112 Å². The highest BCUT2D eigenvalue weighted by Crippen LogP contribution is 2.30. The molecule has 0 spiro atoms. The SMILES string of the molecule is O=[N+]([O-])c1ccc(N2CCN([C@@H](c3ccc(F)cc3)c3nnnn3CCc3ccccc3)CC2)cc1. The standard InChI is InChI=1S/C26H26FN7O2/c27-22-8-6-21(7-9-22)25(26-28-29-30-33(26)15-14-20-4-2-1-3-5-20)32-18-16-31(17-19-32)23-10-12-24(13-11-23)34(35)36/h1-13,25H,14-19H2/t25-/m0/s1. The van der Waals surface area contributed by atoms with Crippen LogP contribution in [0, 0.1) is 15.9 Å². The average molecular weight is 488 g/mol. The van der Waals surface area contributed by atoms with Crippen LogP contribution in [0.25, 0.3) is 0 Å². The van der Waals surface area contributed by atoms with Crippen LogP contribution in [0.5, 0.6) is 0 Å². The van der Waals surface area contributed by atoms with Gasteiger partial charge in [0.25, 0.3) is 5.69 Å². The number of non-ortho nitro benzene ring substituents is 1. The van der Waals surface area contributed by atoms with Crippen LogP contribution < -0.4 is 4.90 Å². The third kappa shape index (κ3) is 5.23. The lowest BCUT2D eigenvalue weighted by molar-refractivity contribution is -0.384. The van der Waals surface area contributed by atoms with Gasteiger partial charge in [-0.1, -0.05) is 42.5 Å². The topological polar surface area (TPSA) is 93.2 Å². The summed E-state index contributed by atoms with van der Waals surface area (Å²) >= 11 is 0. The van der Waals surface area contributed by atoms with Crippen LogP contribution in [-0.4, -0.2) is 56.2 Å². The molecule has 5 rings (SSSR count). The predicted octanol–water partition coefficient (Wildman–Crippen LogP) is 3.87. The summed E-state index contributed by atoms with van der Waals surface area (Å²) in [5.41, 5.74) is 3.16. The van der Waals surface area contributed by atoms with E-state index in [-0.39, 0.29) is 17.5 Å². The second kappa shape index (κ2) is 10.6. The number of nitro groups is 1. The molecule has 1 saturated heterocycles. The van der Waals surface area contributed by atoms with E-state index in [2.05, 4.69) is 37.5 Å². The van der Waals surface area contributed by atoms with Crippen LogP contribution in [-0.2, 0) is 13.0 Å². The Morgan fingerprint density at radius 2 is 1.61 bits per heavy atom. The van der Waals surface area contributed by atoms with Gasteiger partial charge in [0.1, 0.15) is 5.82 Å².